The molecule has 0 amide bonds. The lowest BCUT2D eigenvalue weighted by atomic mass is 10.1. The number of methoxy groups -OCH3 is 1. The molecule has 0 bridgehead atoms. The van der Waals surface area contributed by atoms with Gasteiger partial charge in [-0.15, -0.1) is 0 Å². The van der Waals surface area contributed by atoms with Gasteiger partial charge in [-0.2, -0.15) is 21.6 Å². The topological polar surface area (TPSA) is 69.7 Å². The predicted molar refractivity (Wildman–Crippen MR) is 81.8 cm³/mol. The maximum Gasteiger partial charge on any atom is 0.416 e. The van der Waals surface area contributed by atoms with E-state index in [-0.39, 0.29) is 16.0 Å². The molecule has 0 N–H and O–H groups in total. The molecule has 2 aromatic rings. The Kier molecular flexibility index (Phi) is 5.07. The van der Waals surface area contributed by atoms with E-state index in [1.165, 1.54) is 19.1 Å². The lowest BCUT2D eigenvalue weighted by Crippen LogP contribution is -2.13. The number of hydrogen-bond acceptors (Lipinski definition) is 5. The Bertz CT molecular complexity index is 904. The maximum atomic E-state index is 12.7. The van der Waals surface area contributed by atoms with Crippen molar-refractivity contribution in [2.45, 2.75) is 18.0 Å². The maximum absolute atomic E-state index is 12.7. The van der Waals surface area contributed by atoms with E-state index in [0.29, 0.717) is 6.07 Å². The number of ether oxygens (including phenoxy) is 1. The molecule has 2 aromatic carbocycles. The number of esters is 1. The van der Waals surface area contributed by atoms with Crippen LogP contribution in [0.25, 0.3) is 0 Å². The molecule has 0 unspecified atom stereocenters. The minimum Gasteiger partial charge on any atom is -0.465 e. The zero-order valence-electron chi connectivity index (χ0n) is 13.1. The molecule has 0 aliphatic carbocycles. The molecule has 0 atom stereocenters. The smallest absolute Gasteiger partial charge is 0.416 e. The first-order valence-corrected chi connectivity index (χ1v) is 8.26. The summed E-state index contributed by atoms with van der Waals surface area (Å²) in [4.78, 5) is 11.2. The number of alkyl halides is 3. The Hall–Kier alpha value is -2.55. The van der Waals surface area contributed by atoms with Gasteiger partial charge in [0.25, 0.3) is 0 Å². The molecule has 9 heteroatoms. The first kappa shape index (κ1) is 18.8. The van der Waals surface area contributed by atoms with Gasteiger partial charge in [0.1, 0.15) is 10.6 Å². The Labute approximate surface area is 142 Å². The van der Waals surface area contributed by atoms with E-state index >= 15 is 0 Å². The normalized spacial score (nSPS) is 11.9. The third-order valence-electron chi connectivity index (χ3n) is 3.25. The highest BCUT2D eigenvalue weighted by Crippen LogP contribution is 2.32. The lowest BCUT2D eigenvalue weighted by Gasteiger charge is -2.12. The van der Waals surface area contributed by atoms with Gasteiger partial charge in [-0.05, 0) is 42.8 Å². The van der Waals surface area contributed by atoms with Gasteiger partial charge < -0.3 is 8.92 Å². The Balaban J connectivity index is 2.42. The first-order valence-electron chi connectivity index (χ1n) is 6.85. The summed E-state index contributed by atoms with van der Waals surface area (Å²) in [5.74, 6) is -1.24. The average molecular weight is 374 g/mol. The van der Waals surface area contributed by atoms with Crippen molar-refractivity contribution in [3.05, 3.63) is 59.2 Å². The van der Waals surface area contributed by atoms with Crippen molar-refractivity contribution in [2.24, 2.45) is 0 Å². The third-order valence-corrected chi connectivity index (χ3v) is 4.64. The Morgan fingerprint density at radius 1 is 1.08 bits per heavy atom. The molecule has 134 valence electrons. The van der Waals surface area contributed by atoms with Gasteiger partial charge in [-0.25, -0.2) is 4.79 Å². The van der Waals surface area contributed by atoms with Crippen LogP contribution in [0.3, 0.4) is 0 Å². The first-order chi connectivity index (χ1) is 11.5. The minimum atomic E-state index is -4.64. The van der Waals surface area contributed by atoms with E-state index in [2.05, 4.69) is 4.74 Å². The molecule has 25 heavy (non-hydrogen) atoms. The van der Waals surface area contributed by atoms with Gasteiger partial charge >= 0.3 is 22.3 Å². The van der Waals surface area contributed by atoms with Gasteiger partial charge in [0.05, 0.1) is 18.2 Å². The van der Waals surface area contributed by atoms with Gasteiger partial charge in [0.2, 0.25) is 0 Å². The van der Waals surface area contributed by atoms with Crippen LogP contribution in [0.1, 0.15) is 21.5 Å². The highest BCUT2D eigenvalue weighted by Gasteiger charge is 2.31. The SMILES string of the molecule is COC(=O)c1ccc(C)c(S(=O)(=O)Oc2cccc(C(F)(F)F)c2)c1. The molecule has 2 rings (SSSR count). The van der Waals surface area contributed by atoms with Crippen molar-refractivity contribution in [3.63, 3.8) is 0 Å². The van der Waals surface area contributed by atoms with Gasteiger partial charge in [-0.1, -0.05) is 12.1 Å². The fourth-order valence-corrected chi connectivity index (χ4v) is 3.19. The number of rotatable bonds is 4. The van der Waals surface area contributed by atoms with E-state index in [1.54, 1.807) is 0 Å². The van der Waals surface area contributed by atoms with E-state index in [9.17, 15) is 26.4 Å². The van der Waals surface area contributed by atoms with E-state index < -0.39 is 33.6 Å². The van der Waals surface area contributed by atoms with E-state index in [0.717, 1.165) is 31.4 Å². The molecule has 0 aliphatic rings. The van der Waals surface area contributed by atoms with Crippen LogP contribution in [0.5, 0.6) is 5.75 Å². The molecule has 0 aliphatic heterocycles. The van der Waals surface area contributed by atoms with Crippen LogP contribution >= 0.6 is 0 Å². The summed E-state index contributed by atoms with van der Waals surface area (Å²) in [5, 5.41) is 0. The zero-order chi connectivity index (χ0) is 18.8. The van der Waals surface area contributed by atoms with E-state index in [1.807, 2.05) is 0 Å². The Morgan fingerprint density at radius 2 is 1.76 bits per heavy atom. The summed E-state index contributed by atoms with van der Waals surface area (Å²) in [7, 11) is -3.31. The molecule has 0 fully saturated rings. The second-order valence-corrected chi connectivity index (χ2v) is 6.55. The van der Waals surface area contributed by atoms with Gasteiger partial charge in [0, 0.05) is 0 Å². The summed E-state index contributed by atoms with van der Waals surface area (Å²) < 4.78 is 72.2. The van der Waals surface area contributed by atoms with Crippen LogP contribution in [0.15, 0.2) is 47.4 Å². The van der Waals surface area contributed by atoms with Crippen LogP contribution in [0.2, 0.25) is 0 Å². The quantitative estimate of drug-likeness (QED) is 0.605. The zero-order valence-corrected chi connectivity index (χ0v) is 13.9. The van der Waals surface area contributed by atoms with Crippen molar-refractivity contribution < 1.29 is 35.3 Å². The molecule has 0 heterocycles. The number of benzene rings is 2. The number of hydrogen-bond donors (Lipinski definition) is 0. The molecular weight excluding hydrogens is 361 g/mol. The fourth-order valence-electron chi connectivity index (χ4n) is 2.01. The highest BCUT2D eigenvalue weighted by molar-refractivity contribution is 7.87. The summed E-state index contributed by atoms with van der Waals surface area (Å²) in [6.45, 7) is 1.46. The van der Waals surface area contributed by atoms with Crippen LogP contribution in [0, 0.1) is 6.92 Å². The molecular formula is C16H13F3O5S. The second kappa shape index (κ2) is 6.75. The standard InChI is InChI=1S/C16H13F3O5S/c1-10-6-7-11(15(20)23-2)8-14(10)25(21,22)24-13-5-3-4-12(9-13)16(17,18)19/h3-9H,1-2H3. The number of carbonyl (C=O) groups excluding carboxylic acids is 1. The molecule has 0 spiro atoms. The number of halogens is 3. The number of carbonyl (C=O) groups is 1. The van der Waals surface area contributed by atoms with Crippen LogP contribution in [0.4, 0.5) is 13.2 Å². The average Bonchev–Trinajstić information content (AvgIpc) is 2.53. The molecule has 0 saturated heterocycles. The molecule has 0 aromatic heterocycles. The second-order valence-electron chi connectivity index (χ2n) is 5.03. The van der Waals surface area contributed by atoms with Crippen LogP contribution in [-0.2, 0) is 21.0 Å². The van der Waals surface area contributed by atoms with Crippen molar-refractivity contribution in [2.75, 3.05) is 7.11 Å². The summed E-state index contributed by atoms with van der Waals surface area (Å²) >= 11 is 0. The van der Waals surface area contributed by atoms with Crippen molar-refractivity contribution in [3.8, 4) is 5.75 Å². The molecule has 0 radical (unpaired) electrons. The van der Waals surface area contributed by atoms with Crippen LogP contribution in [-0.4, -0.2) is 21.5 Å². The molecule has 5 nitrogen and oxygen atoms in total. The summed E-state index contributed by atoms with van der Waals surface area (Å²) in [6, 6.07) is 7.28. The van der Waals surface area contributed by atoms with E-state index in [4.69, 9.17) is 4.18 Å². The molecule has 0 saturated carbocycles. The monoisotopic (exact) mass is 374 g/mol. The third kappa shape index (κ3) is 4.30. The number of aryl methyl sites for hydroxylation is 1. The Morgan fingerprint density at radius 3 is 2.36 bits per heavy atom. The largest absolute Gasteiger partial charge is 0.465 e. The fraction of sp³-hybridized carbons (Fsp3) is 0.188. The minimum absolute atomic E-state index is 0.0284. The van der Waals surface area contributed by atoms with Gasteiger partial charge in [-0.3, -0.25) is 0 Å². The van der Waals surface area contributed by atoms with Crippen molar-refractivity contribution in [1.29, 1.82) is 0 Å². The van der Waals surface area contributed by atoms with Crippen molar-refractivity contribution in [1.82, 2.24) is 0 Å². The summed E-state index contributed by atoms with van der Waals surface area (Å²) in [5.41, 5.74) is -0.806. The van der Waals surface area contributed by atoms with Gasteiger partial charge in [0.15, 0.2) is 0 Å². The highest BCUT2D eigenvalue weighted by atomic mass is 32.2. The van der Waals surface area contributed by atoms with Crippen LogP contribution < -0.4 is 4.18 Å². The predicted octanol–water partition coefficient (Wildman–Crippen LogP) is 3.57. The lowest BCUT2D eigenvalue weighted by molar-refractivity contribution is -0.137. The summed E-state index contributed by atoms with van der Waals surface area (Å²) in [6.07, 6.45) is -4.64. The van der Waals surface area contributed by atoms with Crippen molar-refractivity contribution >= 4 is 16.1 Å².